The summed E-state index contributed by atoms with van der Waals surface area (Å²) in [4.78, 5) is 21.4. The van der Waals surface area contributed by atoms with E-state index in [1.165, 1.54) is 21.6 Å². The van der Waals surface area contributed by atoms with Crippen LogP contribution in [-0.4, -0.2) is 38.7 Å². The van der Waals surface area contributed by atoms with E-state index in [4.69, 9.17) is 4.98 Å². The van der Waals surface area contributed by atoms with Crippen molar-refractivity contribution in [1.82, 2.24) is 14.5 Å². The Morgan fingerprint density at radius 1 is 1.30 bits per heavy atom. The average Bonchev–Trinajstić information content (AvgIpc) is 3.33. The number of carbonyl (C=O) groups excluding carboxylic acids is 1. The number of aryl methyl sites for hydroxylation is 1. The minimum absolute atomic E-state index is 0.000354. The fourth-order valence-electron chi connectivity index (χ4n) is 4.21. The fraction of sp³-hybridized carbons (Fsp3) is 0.520. The highest BCUT2D eigenvalue weighted by molar-refractivity contribution is 8.08. The Labute approximate surface area is 184 Å². The van der Waals surface area contributed by atoms with E-state index in [1.54, 1.807) is 0 Å². The Kier molecular flexibility index (Phi) is 5.60. The summed E-state index contributed by atoms with van der Waals surface area (Å²) in [6.07, 6.45) is 5.35. The molecular weight excluding hydrogens is 390 g/mol. The zero-order valence-electron chi connectivity index (χ0n) is 19.1. The van der Waals surface area contributed by atoms with Crippen LogP contribution >= 0.6 is 11.8 Å². The zero-order chi connectivity index (χ0) is 21.6. The van der Waals surface area contributed by atoms with Gasteiger partial charge in [-0.2, -0.15) is 0 Å². The lowest BCUT2D eigenvalue weighted by Crippen LogP contribution is -2.43. The highest BCUT2D eigenvalue weighted by atomic mass is 32.2. The summed E-state index contributed by atoms with van der Waals surface area (Å²) in [5.74, 6) is 2.28. The molecule has 160 valence electrons. The summed E-state index contributed by atoms with van der Waals surface area (Å²) in [5.41, 5.74) is 5.86. The third kappa shape index (κ3) is 3.84. The highest BCUT2D eigenvalue weighted by Gasteiger charge is 2.33. The number of allylic oxidation sites excluding steroid dienone is 1. The lowest BCUT2D eigenvalue weighted by molar-refractivity contribution is 0.0638. The van der Waals surface area contributed by atoms with E-state index in [9.17, 15) is 4.79 Å². The van der Waals surface area contributed by atoms with Crippen molar-refractivity contribution >= 4 is 22.6 Å². The number of aromatic nitrogens is 2. The minimum Gasteiger partial charge on any atom is -0.334 e. The van der Waals surface area contributed by atoms with Crippen molar-refractivity contribution in [1.29, 1.82) is 0 Å². The van der Waals surface area contributed by atoms with Crippen LogP contribution in [0.15, 0.2) is 24.3 Å². The number of thioether (sulfide) groups is 1. The van der Waals surface area contributed by atoms with Gasteiger partial charge in [0.1, 0.15) is 5.69 Å². The van der Waals surface area contributed by atoms with Gasteiger partial charge < -0.3 is 9.47 Å². The van der Waals surface area contributed by atoms with Gasteiger partial charge in [-0.15, -0.1) is 11.8 Å². The van der Waals surface area contributed by atoms with Gasteiger partial charge in [-0.3, -0.25) is 4.79 Å². The molecule has 4 rings (SSSR count). The van der Waals surface area contributed by atoms with Crippen molar-refractivity contribution < 1.29 is 4.79 Å². The maximum absolute atomic E-state index is 13.4. The molecule has 0 atom stereocenters. The molecule has 1 amide bonds. The summed E-state index contributed by atoms with van der Waals surface area (Å²) < 4.78 is 2.18. The maximum Gasteiger partial charge on any atom is 0.290 e. The van der Waals surface area contributed by atoms with E-state index >= 15 is 0 Å². The highest BCUT2D eigenvalue weighted by Crippen LogP contribution is 2.42. The molecule has 5 heteroatoms. The molecule has 0 radical (unpaired) electrons. The second kappa shape index (κ2) is 7.92. The summed E-state index contributed by atoms with van der Waals surface area (Å²) in [7, 11) is 1.88. The second-order valence-electron chi connectivity index (χ2n) is 9.86. The van der Waals surface area contributed by atoms with Crippen molar-refractivity contribution in [3.63, 3.8) is 0 Å². The van der Waals surface area contributed by atoms with Crippen LogP contribution < -0.4 is 0 Å². The minimum atomic E-state index is -0.248. The van der Waals surface area contributed by atoms with Crippen LogP contribution in [0.2, 0.25) is 0 Å². The third-order valence-corrected chi connectivity index (χ3v) is 7.20. The SMILES string of the molecule is CC(C)Cc1ccc2c(c1)-c1c(C3=CCCS3)nc(C(=O)N(C)C(C)(C)C)n1CC2. The molecule has 0 aliphatic carbocycles. The van der Waals surface area contributed by atoms with Gasteiger partial charge in [0.15, 0.2) is 5.82 Å². The quantitative estimate of drug-likeness (QED) is 0.637. The normalized spacial score (nSPS) is 15.8. The van der Waals surface area contributed by atoms with Crippen LogP contribution in [0.1, 0.15) is 68.5 Å². The van der Waals surface area contributed by atoms with Crippen molar-refractivity contribution in [3.05, 3.63) is 46.9 Å². The molecule has 0 unspecified atom stereocenters. The molecule has 4 nitrogen and oxygen atoms in total. The summed E-state index contributed by atoms with van der Waals surface area (Å²) in [6, 6.07) is 6.90. The number of amides is 1. The number of hydrogen-bond acceptors (Lipinski definition) is 3. The van der Waals surface area contributed by atoms with Gasteiger partial charge in [0.05, 0.1) is 5.69 Å². The first kappa shape index (κ1) is 21.2. The molecule has 1 aromatic carbocycles. The largest absolute Gasteiger partial charge is 0.334 e. The lowest BCUT2D eigenvalue weighted by atomic mass is 9.92. The van der Waals surface area contributed by atoms with E-state index in [-0.39, 0.29) is 11.4 Å². The van der Waals surface area contributed by atoms with Crippen LogP contribution in [0.25, 0.3) is 16.2 Å². The van der Waals surface area contributed by atoms with Gasteiger partial charge in [-0.25, -0.2) is 4.98 Å². The number of imidazole rings is 1. The Balaban J connectivity index is 1.88. The van der Waals surface area contributed by atoms with E-state index in [0.29, 0.717) is 11.7 Å². The Morgan fingerprint density at radius 2 is 2.07 bits per heavy atom. The molecule has 0 bridgehead atoms. The van der Waals surface area contributed by atoms with E-state index in [1.807, 2.05) is 23.7 Å². The third-order valence-electron chi connectivity index (χ3n) is 6.09. The average molecular weight is 424 g/mol. The topological polar surface area (TPSA) is 38.1 Å². The summed E-state index contributed by atoms with van der Waals surface area (Å²) in [5, 5.41) is 0. The van der Waals surface area contributed by atoms with Crippen molar-refractivity contribution in [2.45, 2.75) is 66.0 Å². The van der Waals surface area contributed by atoms with Crippen molar-refractivity contribution in [2.24, 2.45) is 5.92 Å². The van der Waals surface area contributed by atoms with Crippen LogP contribution in [0, 0.1) is 5.92 Å². The molecule has 30 heavy (non-hydrogen) atoms. The first-order valence-electron chi connectivity index (χ1n) is 11.0. The van der Waals surface area contributed by atoms with E-state index in [2.05, 4.69) is 63.5 Å². The molecule has 0 saturated heterocycles. The summed E-state index contributed by atoms with van der Waals surface area (Å²) in [6.45, 7) is 11.5. The number of rotatable bonds is 4. The van der Waals surface area contributed by atoms with Crippen LogP contribution in [-0.2, 0) is 19.4 Å². The van der Waals surface area contributed by atoms with E-state index < -0.39 is 0 Å². The fourth-order valence-corrected chi connectivity index (χ4v) is 5.18. The number of hydrogen-bond donors (Lipinski definition) is 0. The molecule has 0 spiro atoms. The van der Waals surface area contributed by atoms with Gasteiger partial charge in [0.2, 0.25) is 0 Å². The number of carbonyl (C=O) groups is 1. The maximum atomic E-state index is 13.4. The predicted octanol–water partition coefficient (Wildman–Crippen LogP) is 5.65. The second-order valence-corrected chi connectivity index (χ2v) is 11.0. The van der Waals surface area contributed by atoms with Gasteiger partial charge in [0.25, 0.3) is 5.91 Å². The van der Waals surface area contributed by atoms with Crippen LogP contribution in [0.5, 0.6) is 0 Å². The molecule has 0 N–H and O–H groups in total. The predicted molar refractivity (Wildman–Crippen MR) is 127 cm³/mol. The monoisotopic (exact) mass is 423 g/mol. The molecule has 2 aliphatic rings. The van der Waals surface area contributed by atoms with Gasteiger partial charge in [-0.1, -0.05) is 32.1 Å². The first-order chi connectivity index (χ1) is 14.2. The van der Waals surface area contributed by atoms with E-state index in [0.717, 1.165) is 42.9 Å². The molecule has 0 fully saturated rings. The molecule has 0 saturated carbocycles. The zero-order valence-corrected chi connectivity index (χ0v) is 19.9. The summed E-state index contributed by atoms with van der Waals surface area (Å²) >= 11 is 1.86. The molecule has 3 heterocycles. The molecular formula is C25H33N3OS. The smallest absolute Gasteiger partial charge is 0.290 e. The van der Waals surface area contributed by atoms with Crippen LogP contribution in [0.4, 0.5) is 0 Å². The number of nitrogens with zero attached hydrogens (tertiary/aromatic N) is 3. The Morgan fingerprint density at radius 3 is 2.70 bits per heavy atom. The molecule has 1 aromatic heterocycles. The first-order valence-corrected chi connectivity index (χ1v) is 12.0. The number of benzene rings is 1. The van der Waals surface area contributed by atoms with Crippen molar-refractivity contribution in [3.8, 4) is 11.3 Å². The Hall–Kier alpha value is -2.01. The van der Waals surface area contributed by atoms with Crippen molar-refractivity contribution in [2.75, 3.05) is 12.8 Å². The van der Waals surface area contributed by atoms with Gasteiger partial charge in [0, 0.05) is 35.4 Å². The molecule has 2 aromatic rings. The lowest BCUT2D eigenvalue weighted by Gasteiger charge is -2.32. The van der Waals surface area contributed by atoms with Crippen LogP contribution in [0.3, 0.4) is 0 Å². The number of fused-ring (bicyclic) bond motifs is 3. The van der Waals surface area contributed by atoms with Gasteiger partial charge >= 0.3 is 0 Å². The van der Waals surface area contributed by atoms with Gasteiger partial charge in [-0.05, 0) is 63.1 Å². The molecule has 2 aliphatic heterocycles. The Bertz CT molecular complexity index is 1010. The standard InChI is InChI=1S/C25H33N3OS/c1-16(2)14-17-9-10-18-11-12-28-22(19(18)15-17)21(20-8-7-13-30-20)26-23(28)24(29)27(6)25(3,4)5/h8-10,15-16H,7,11-14H2,1-6H3.